The molecule has 0 saturated heterocycles. The number of hydrogen-bond acceptors (Lipinski definition) is 0. The molecule has 0 nitrogen and oxygen atoms in total. The lowest BCUT2D eigenvalue weighted by atomic mass is 10.1. The highest BCUT2D eigenvalue weighted by molar-refractivity contribution is 9.11. The fourth-order valence-electron chi connectivity index (χ4n) is 1.01. The highest BCUT2D eigenvalue weighted by Crippen LogP contribution is 2.29. The summed E-state index contributed by atoms with van der Waals surface area (Å²) in [7, 11) is 0. The fraction of sp³-hybridized carbons (Fsp3) is 0.200. The molecule has 0 radical (unpaired) electrons. The van der Waals surface area contributed by atoms with Crippen LogP contribution in [0.3, 0.4) is 0 Å². The first-order valence-electron chi connectivity index (χ1n) is 3.95. The van der Waals surface area contributed by atoms with Gasteiger partial charge in [0.15, 0.2) is 0 Å². The first-order valence-corrected chi connectivity index (χ1v) is 4.87. The van der Waals surface area contributed by atoms with Gasteiger partial charge in [0.1, 0.15) is 0 Å². The average Bonchev–Trinajstić information content (AvgIpc) is 2.14. The third kappa shape index (κ3) is 3.18. The topological polar surface area (TPSA) is 0 Å². The van der Waals surface area contributed by atoms with Gasteiger partial charge in [-0.15, -0.1) is 0 Å². The molecule has 1 rings (SSSR count). The predicted molar refractivity (Wildman–Crippen MR) is 53.2 cm³/mol. The van der Waals surface area contributed by atoms with E-state index >= 15 is 0 Å². The molecule has 14 heavy (non-hydrogen) atoms. The zero-order chi connectivity index (χ0) is 10.6. The van der Waals surface area contributed by atoms with Crippen LogP contribution in [-0.2, 0) is 12.6 Å². The summed E-state index contributed by atoms with van der Waals surface area (Å²) in [5.41, 5.74) is 0.248. The highest BCUT2D eigenvalue weighted by Gasteiger charge is 2.29. The molecule has 0 unspecified atom stereocenters. The maximum absolute atomic E-state index is 12.2. The Morgan fingerprint density at radius 3 is 2.14 bits per heavy atom. The summed E-state index contributed by atoms with van der Waals surface area (Å²) in [4.78, 5) is 1.69. The minimum absolute atomic E-state index is 0.607. The highest BCUT2D eigenvalue weighted by atomic mass is 79.9. The van der Waals surface area contributed by atoms with Crippen molar-refractivity contribution < 1.29 is 13.2 Å². The van der Waals surface area contributed by atoms with Gasteiger partial charge in [-0.2, -0.15) is 13.2 Å². The van der Waals surface area contributed by atoms with Gasteiger partial charge in [-0.3, -0.25) is 0 Å². The van der Waals surface area contributed by atoms with Crippen molar-refractivity contribution in [3.8, 4) is 0 Å². The third-order valence-corrected chi connectivity index (χ3v) is 2.10. The maximum atomic E-state index is 12.2. The zero-order valence-corrected chi connectivity index (χ0v) is 8.77. The molecule has 0 bridgehead atoms. The van der Waals surface area contributed by atoms with Gasteiger partial charge in [-0.05, 0) is 29.1 Å². The molecule has 0 aliphatic carbocycles. The van der Waals surface area contributed by atoms with E-state index in [-0.39, 0.29) is 0 Å². The van der Waals surface area contributed by atoms with Crippen molar-refractivity contribution in [1.82, 2.24) is 0 Å². The van der Waals surface area contributed by atoms with Crippen LogP contribution in [-0.4, -0.2) is 0 Å². The zero-order valence-electron chi connectivity index (χ0n) is 7.18. The molecule has 4 heteroatoms. The van der Waals surface area contributed by atoms with E-state index in [2.05, 4.69) is 15.9 Å². The maximum Gasteiger partial charge on any atom is 0.416 e. The van der Waals surface area contributed by atoms with E-state index < -0.39 is 11.7 Å². The largest absolute Gasteiger partial charge is 0.416 e. The van der Waals surface area contributed by atoms with E-state index in [1.54, 1.807) is 4.99 Å². The molecule has 0 N–H and O–H groups in total. The van der Waals surface area contributed by atoms with E-state index in [1.807, 2.05) is 6.08 Å². The number of hydrogen-bond donors (Lipinski definition) is 0. The number of alkyl halides is 3. The van der Waals surface area contributed by atoms with Gasteiger partial charge < -0.3 is 0 Å². The lowest BCUT2D eigenvalue weighted by Gasteiger charge is -2.06. The summed E-state index contributed by atoms with van der Waals surface area (Å²) in [6, 6.07) is 5.15. The average molecular weight is 265 g/mol. The summed E-state index contributed by atoms with van der Waals surface area (Å²) >= 11 is 3.09. The first-order chi connectivity index (χ1) is 6.54. The Hall–Kier alpha value is -0.770. The van der Waals surface area contributed by atoms with Crippen LogP contribution in [0.25, 0.3) is 0 Å². The van der Waals surface area contributed by atoms with E-state index in [1.165, 1.54) is 12.1 Å². The molecular weight excluding hydrogens is 257 g/mol. The summed E-state index contributed by atoms with van der Waals surface area (Å²) < 4.78 is 36.5. The van der Waals surface area contributed by atoms with Crippen LogP contribution in [0.4, 0.5) is 13.2 Å². The molecule has 0 aliphatic rings. The lowest BCUT2D eigenvalue weighted by molar-refractivity contribution is -0.137. The number of halogens is 4. The quantitative estimate of drug-likeness (QED) is 0.753. The molecule has 1 aromatic rings. The van der Waals surface area contributed by atoms with Crippen LogP contribution in [0.2, 0.25) is 0 Å². The second kappa shape index (κ2) is 4.64. The van der Waals surface area contributed by atoms with Crippen molar-refractivity contribution in [3.05, 3.63) is 46.5 Å². The van der Waals surface area contributed by atoms with Crippen LogP contribution in [0.15, 0.2) is 35.3 Å². The molecule has 0 atom stereocenters. The van der Waals surface area contributed by atoms with E-state index in [0.29, 0.717) is 6.42 Å². The van der Waals surface area contributed by atoms with Gasteiger partial charge in [0.05, 0.1) is 5.56 Å². The van der Waals surface area contributed by atoms with Gasteiger partial charge in [0, 0.05) is 0 Å². The van der Waals surface area contributed by atoms with E-state index in [9.17, 15) is 13.2 Å². The van der Waals surface area contributed by atoms with Crippen molar-refractivity contribution in [1.29, 1.82) is 0 Å². The second-order valence-electron chi connectivity index (χ2n) is 2.76. The lowest BCUT2D eigenvalue weighted by Crippen LogP contribution is -2.04. The molecule has 0 aliphatic heterocycles. The van der Waals surface area contributed by atoms with Crippen molar-refractivity contribution in [2.75, 3.05) is 0 Å². The van der Waals surface area contributed by atoms with Crippen molar-refractivity contribution in [3.63, 3.8) is 0 Å². The van der Waals surface area contributed by atoms with Crippen LogP contribution in [0.1, 0.15) is 11.1 Å². The van der Waals surface area contributed by atoms with Crippen LogP contribution >= 0.6 is 15.9 Å². The minimum Gasteiger partial charge on any atom is -0.166 e. The normalized spacial score (nSPS) is 12.3. The molecule has 0 spiro atoms. The minimum atomic E-state index is -4.25. The molecule has 1 aromatic carbocycles. The number of allylic oxidation sites excluding steroid dienone is 1. The van der Waals surface area contributed by atoms with Gasteiger partial charge in [-0.25, -0.2) is 0 Å². The fourth-order valence-corrected chi connectivity index (χ4v) is 1.20. The SMILES string of the molecule is FC(F)(F)c1ccc(C/C=C/Br)cc1. The van der Waals surface area contributed by atoms with E-state index in [0.717, 1.165) is 17.7 Å². The molecule has 0 heterocycles. The van der Waals surface area contributed by atoms with Crippen LogP contribution in [0.5, 0.6) is 0 Å². The van der Waals surface area contributed by atoms with Crippen LogP contribution in [0, 0.1) is 0 Å². The number of rotatable bonds is 2. The first kappa shape index (κ1) is 11.3. The molecule has 76 valence electrons. The van der Waals surface area contributed by atoms with Gasteiger partial charge >= 0.3 is 6.18 Å². The Morgan fingerprint density at radius 2 is 1.71 bits per heavy atom. The Labute approximate surface area is 88.6 Å². The predicted octanol–water partition coefficient (Wildman–Crippen LogP) is 4.16. The Bertz CT molecular complexity index is 311. The summed E-state index contributed by atoms with van der Waals surface area (Å²) in [5.74, 6) is 0. The van der Waals surface area contributed by atoms with Crippen LogP contribution < -0.4 is 0 Å². The molecule has 0 amide bonds. The Morgan fingerprint density at radius 1 is 1.14 bits per heavy atom. The molecule has 0 saturated carbocycles. The van der Waals surface area contributed by atoms with Crippen molar-refractivity contribution >= 4 is 15.9 Å². The monoisotopic (exact) mass is 264 g/mol. The smallest absolute Gasteiger partial charge is 0.166 e. The summed E-state index contributed by atoms with van der Waals surface area (Å²) in [6.07, 6.45) is -1.80. The third-order valence-electron chi connectivity index (χ3n) is 1.72. The molecule has 0 aromatic heterocycles. The van der Waals surface area contributed by atoms with Gasteiger partial charge in [-0.1, -0.05) is 34.1 Å². The summed E-state index contributed by atoms with van der Waals surface area (Å²) in [6.45, 7) is 0. The standard InChI is InChI=1S/C10H8BrF3/c11-7-1-2-8-3-5-9(6-4-8)10(12,13)14/h1,3-7H,2H2/b7-1+. The van der Waals surface area contributed by atoms with Crippen molar-refractivity contribution in [2.24, 2.45) is 0 Å². The molecular formula is C10H8BrF3. The Kier molecular flexibility index (Phi) is 3.75. The summed E-state index contributed by atoms with van der Waals surface area (Å²) in [5, 5.41) is 0. The van der Waals surface area contributed by atoms with Gasteiger partial charge in [0.25, 0.3) is 0 Å². The molecule has 0 fully saturated rings. The van der Waals surface area contributed by atoms with Gasteiger partial charge in [0.2, 0.25) is 0 Å². The van der Waals surface area contributed by atoms with E-state index in [4.69, 9.17) is 0 Å². The van der Waals surface area contributed by atoms with Crippen molar-refractivity contribution in [2.45, 2.75) is 12.6 Å². The number of benzene rings is 1. The Balaban J connectivity index is 2.79. The second-order valence-corrected chi connectivity index (χ2v) is 3.29.